The Hall–Kier alpha value is -2.37. The van der Waals surface area contributed by atoms with Crippen LogP contribution < -0.4 is 5.32 Å². The summed E-state index contributed by atoms with van der Waals surface area (Å²) in [5.41, 5.74) is 0.671. The lowest BCUT2D eigenvalue weighted by Gasteiger charge is -2.19. The molecule has 2 rings (SSSR count). The molecule has 1 atom stereocenters. The van der Waals surface area contributed by atoms with Crippen LogP contribution in [0.4, 0.5) is 10.1 Å². The largest absolute Gasteiger partial charge is 0.467 e. The van der Waals surface area contributed by atoms with Gasteiger partial charge in [-0.1, -0.05) is 18.2 Å². The van der Waals surface area contributed by atoms with Crippen LogP contribution >= 0.6 is 0 Å². The van der Waals surface area contributed by atoms with Crippen molar-refractivity contribution in [1.82, 2.24) is 9.78 Å². The molecule has 118 valence electrons. The van der Waals surface area contributed by atoms with E-state index in [9.17, 15) is 9.18 Å². The first-order chi connectivity index (χ1) is 10.3. The van der Waals surface area contributed by atoms with E-state index in [1.165, 1.54) is 13.2 Å². The molecule has 0 bridgehead atoms. The molecule has 0 aliphatic carbocycles. The third-order valence-corrected chi connectivity index (χ3v) is 3.23. The van der Waals surface area contributed by atoms with Crippen molar-refractivity contribution in [2.75, 3.05) is 12.4 Å². The van der Waals surface area contributed by atoms with Gasteiger partial charge >= 0.3 is 5.97 Å². The number of methoxy groups -OCH3 is 1. The number of aromatic nitrogens is 2. The molecule has 0 aliphatic rings. The number of esters is 1. The van der Waals surface area contributed by atoms with E-state index in [0.29, 0.717) is 5.69 Å². The van der Waals surface area contributed by atoms with Crippen LogP contribution in [-0.2, 0) is 15.1 Å². The van der Waals surface area contributed by atoms with Crippen LogP contribution in [0.1, 0.15) is 32.4 Å². The van der Waals surface area contributed by atoms with Crippen molar-refractivity contribution in [1.29, 1.82) is 0 Å². The average molecular weight is 305 g/mol. The van der Waals surface area contributed by atoms with E-state index in [4.69, 9.17) is 4.74 Å². The number of nitrogens with zero attached hydrogens (tertiary/aromatic N) is 2. The minimum absolute atomic E-state index is 0.182. The number of carbonyl (C=O) groups is 1. The van der Waals surface area contributed by atoms with Gasteiger partial charge in [-0.2, -0.15) is 5.10 Å². The predicted molar refractivity (Wildman–Crippen MR) is 82.0 cm³/mol. The van der Waals surface area contributed by atoms with E-state index >= 15 is 0 Å². The zero-order chi connectivity index (χ0) is 16.3. The molecule has 0 radical (unpaired) electrons. The molecular weight excluding hydrogens is 285 g/mol. The maximum absolute atomic E-state index is 14.0. The first-order valence-electron chi connectivity index (χ1n) is 6.97. The number of carbonyl (C=O) groups excluding carboxylic acids is 1. The van der Waals surface area contributed by atoms with Gasteiger partial charge < -0.3 is 10.1 Å². The molecule has 6 heteroatoms. The third kappa shape index (κ3) is 3.44. The number of hydrogen-bond donors (Lipinski definition) is 1. The highest BCUT2D eigenvalue weighted by Crippen LogP contribution is 2.24. The molecule has 0 aliphatic heterocycles. The first-order valence-corrected chi connectivity index (χ1v) is 6.97. The summed E-state index contributed by atoms with van der Waals surface area (Å²) < 4.78 is 20.5. The van der Waals surface area contributed by atoms with Gasteiger partial charge in [0.05, 0.1) is 24.5 Å². The molecule has 1 unspecified atom stereocenters. The zero-order valence-corrected chi connectivity index (χ0v) is 13.1. The summed E-state index contributed by atoms with van der Waals surface area (Å²) >= 11 is 0. The molecule has 1 heterocycles. The maximum Gasteiger partial charge on any atom is 0.333 e. The fraction of sp³-hybridized carbons (Fsp3) is 0.375. The Labute approximate surface area is 129 Å². The van der Waals surface area contributed by atoms with E-state index in [-0.39, 0.29) is 11.1 Å². The van der Waals surface area contributed by atoms with E-state index in [1.54, 1.807) is 35.3 Å². The van der Waals surface area contributed by atoms with Gasteiger partial charge in [0.25, 0.3) is 0 Å². The summed E-state index contributed by atoms with van der Waals surface area (Å²) in [6, 6.07) is 5.19. The van der Waals surface area contributed by atoms with Crippen LogP contribution in [0.15, 0.2) is 36.7 Å². The molecule has 0 saturated heterocycles. The van der Waals surface area contributed by atoms with Gasteiger partial charge in [0, 0.05) is 11.8 Å². The molecule has 1 aromatic carbocycles. The van der Waals surface area contributed by atoms with Crippen molar-refractivity contribution < 1.29 is 13.9 Å². The first kappa shape index (κ1) is 16.0. The van der Waals surface area contributed by atoms with Crippen LogP contribution in [0.5, 0.6) is 0 Å². The van der Waals surface area contributed by atoms with Crippen LogP contribution in [-0.4, -0.2) is 22.9 Å². The smallest absolute Gasteiger partial charge is 0.333 e. The topological polar surface area (TPSA) is 56.1 Å². The second-order valence-electron chi connectivity index (χ2n) is 5.97. The van der Waals surface area contributed by atoms with Crippen molar-refractivity contribution in [2.45, 2.75) is 32.4 Å². The number of nitrogens with one attached hydrogen (secondary N) is 1. The van der Waals surface area contributed by atoms with Crippen molar-refractivity contribution >= 4 is 11.7 Å². The summed E-state index contributed by atoms with van der Waals surface area (Å²) in [5.74, 6) is -1.03. The summed E-state index contributed by atoms with van der Waals surface area (Å²) in [6.07, 6.45) is 3.37. The highest BCUT2D eigenvalue weighted by Gasteiger charge is 2.25. The number of rotatable bonds is 4. The van der Waals surface area contributed by atoms with Crippen LogP contribution in [0.25, 0.3) is 0 Å². The standard InChI is InChI=1S/C16H20FN3O2/c1-16(2,3)20-10-11(9-18-20)19-14(15(21)22-4)12-7-5-6-8-13(12)17/h5-10,14,19H,1-4H3. The van der Waals surface area contributed by atoms with Crippen molar-refractivity contribution in [3.05, 3.63) is 48.0 Å². The molecule has 0 saturated carbocycles. The molecule has 1 N–H and O–H groups in total. The van der Waals surface area contributed by atoms with Crippen molar-refractivity contribution in [3.63, 3.8) is 0 Å². The Morgan fingerprint density at radius 1 is 1.36 bits per heavy atom. The van der Waals surface area contributed by atoms with Gasteiger partial charge in [0.1, 0.15) is 5.82 Å². The minimum Gasteiger partial charge on any atom is -0.467 e. The summed E-state index contributed by atoms with van der Waals surface area (Å²) in [6.45, 7) is 6.04. The number of hydrogen-bond acceptors (Lipinski definition) is 4. The van der Waals surface area contributed by atoms with Crippen molar-refractivity contribution in [3.8, 4) is 0 Å². The Morgan fingerprint density at radius 2 is 2.05 bits per heavy atom. The molecular formula is C16H20FN3O2. The maximum atomic E-state index is 14.0. The lowest BCUT2D eigenvalue weighted by molar-refractivity contribution is -0.141. The SMILES string of the molecule is COC(=O)C(Nc1cnn(C(C)(C)C)c1)c1ccccc1F. The summed E-state index contributed by atoms with van der Waals surface area (Å²) in [5, 5.41) is 7.23. The lowest BCUT2D eigenvalue weighted by Crippen LogP contribution is -2.24. The highest BCUT2D eigenvalue weighted by atomic mass is 19.1. The van der Waals surface area contributed by atoms with Gasteiger partial charge in [-0.15, -0.1) is 0 Å². The zero-order valence-electron chi connectivity index (χ0n) is 13.1. The molecule has 0 fully saturated rings. The molecule has 1 aromatic heterocycles. The monoisotopic (exact) mass is 305 g/mol. The second kappa shape index (κ2) is 6.17. The number of anilines is 1. The minimum atomic E-state index is -0.927. The Morgan fingerprint density at radius 3 is 2.59 bits per heavy atom. The van der Waals surface area contributed by atoms with E-state index < -0.39 is 17.8 Å². The molecule has 22 heavy (non-hydrogen) atoms. The van der Waals surface area contributed by atoms with Gasteiger partial charge in [0.2, 0.25) is 0 Å². The van der Waals surface area contributed by atoms with E-state index in [2.05, 4.69) is 10.4 Å². The number of halogens is 1. The predicted octanol–water partition coefficient (Wildman–Crippen LogP) is 3.10. The summed E-state index contributed by atoms with van der Waals surface area (Å²) in [4.78, 5) is 12.0. The van der Waals surface area contributed by atoms with E-state index in [1.807, 2.05) is 20.8 Å². The third-order valence-electron chi connectivity index (χ3n) is 3.23. The Kier molecular flexibility index (Phi) is 4.49. The number of benzene rings is 1. The molecule has 0 spiro atoms. The van der Waals surface area contributed by atoms with Crippen molar-refractivity contribution in [2.24, 2.45) is 0 Å². The van der Waals surface area contributed by atoms with Crippen LogP contribution in [0.2, 0.25) is 0 Å². The van der Waals surface area contributed by atoms with Gasteiger partial charge in [-0.05, 0) is 26.8 Å². The average Bonchev–Trinajstić information content (AvgIpc) is 2.93. The fourth-order valence-electron chi connectivity index (χ4n) is 2.02. The number of ether oxygens (including phenoxy) is 1. The lowest BCUT2D eigenvalue weighted by atomic mass is 10.1. The second-order valence-corrected chi connectivity index (χ2v) is 5.97. The van der Waals surface area contributed by atoms with Gasteiger partial charge in [-0.3, -0.25) is 4.68 Å². The quantitative estimate of drug-likeness (QED) is 0.882. The van der Waals surface area contributed by atoms with Gasteiger partial charge in [0.15, 0.2) is 6.04 Å². The molecule has 5 nitrogen and oxygen atoms in total. The normalized spacial score (nSPS) is 12.8. The molecule has 2 aromatic rings. The Balaban J connectivity index is 2.30. The summed E-state index contributed by atoms with van der Waals surface area (Å²) in [7, 11) is 1.27. The highest BCUT2D eigenvalue weighted by molar-refractivity contribution is 5.81. The van der Waals surface area contributed by atoms with Crippen LogP contribution in [0.3, 0.4) is 0 Å². The Bertz CT molecular complexity index is 661. The molecule has 0 amide bonds. The van der Waals surface area contributed by atoms with Crippen LogP contribution in [0, 0.1) is 5.82 Å². The van der Waals surface area contributed by atoms with E-state index in [0.717, 1.165) is 0 Å². The van der Waals surface area contributed by atoms with Gasteiger partial charge in [-0.25, -0.2) is 9.18 Å². The fourth-order valence-corrected chi connectivity index (χ4v) is 2.02.